The maximum Gasteiger partial charge on any atom is 0.325 e. The third-order valence-corrected chi connectivity index (χ3v) is 6.48. The number of halogens is 1. The van der Waals surface area contributed by atoms with Crippen LogP contribution >= 0.6 is 7.60 Å². The fraction of sp³-hybridized carbons (Fsp3) is 1.00. The van der Waals surface area contributed by atoms with Crippen molar-refractivity contribution in [3.63, 3.8) is 0 Å². The maximum atomic E-state index is 10.8. The van der Waals surface area contributed by atoms with Gasteiger partial charge >= 0.3 is 7.60 Å². The lowest BCUT2D eigenvalue weighted by molar-refractivity contribution is -0.890. The van der Waals surface area contributed by atoms with Crippen LogP contribution in [0.3, 0.4) is 0 Å². The van der Waals surface area contributed by atoms with Gasteiger partial charge in [0, 0.05) is 6.16 Å². The summed E-state index contributed by atoms with van der Waals surface area (Å²) in [6, 6.07) is 0. The summed E-state index contributed by atoms with van der Waals surface area (Å²) in [7, 11) is 0.840. The van der Waals surface area contributed by atoms with Gasteiger partial charge in [-0.05, 0) is 32.1 Å². The molecule has 0 aliphatic carbocycles. The molecular weight excluding hydrogens is 393 g/mol. The molecule has 0 fully saturated rings. The Labute approximate surface area is 182 Å². The number of unbranched alkanes of at least 4 members (excludes halogenated alkanes) is 14. The largest absolute Gasteiger partial charge is 1.00 e. The third kappa shape index (κ3) is 24.4. The van der Waals surface area contributed by atoms with Gasteiger partial charge in [-0.3, -0.25) is 4.57 Å². The highest BCUT2D eigenvalue weighted by Crippen LogP contribution is 2.35. The molecule has 0 atom stereocenters. The molecule has 0 amide bonds. The average Bonchev–Trinajstić information content (AvgIpc) is 2.58. The zero-order chi connectivity index (χ0) is 20.4. The normalized spacial score (nSPS) is 12.2. The van der Waals surface area contributed by atoms with Crippen LogP contribution in [-0.4, -0.2) is 47.6 Å². The lowest BCUT2D eigenvalue weighted by Crippen LogP contribution is -3.00. The molecule has 172 valence electrons. The Morgan fingerprint density at radius 1 is 0.607 bits per heavy atom. The minimum atomic E-state index is -3.79. The van der Waals surface area contributed by atoms with Crippen LogP contribution in [-0.2, 0) is 4.57 Å². The van der Waals surface area contributed by atoms with Crippen molar-refractivity contribution >= 4 is 7.60 Å². The van der Waals surface area contributed by atoms with Crippen molar-refractivity contribution in [1.29, 1.82) is 0 Å². The lowest BCUT2D eigenvalue weighted by Gasteiger charge is -2.30. The molecule has 0 aromatic heterocycles. The van der Waals surface area contributed by atoms with Gasteiger partial charge in [-0.25, -0.2) is 0 Å². The van der Waals surface area contributed by atoms with E-state index in [0.29, 0.717) is 6.42 Å². The van der Waals surface area contributed by atoms with E-state index in [4.69, 9.17) is 9.79 Å². The average molecular weight is 442 g/mol. The highest BCUT2D eigenvalue weighted by Gasteiger charge is 2.14. The Hall–Kier alpha value is 0.400. The molecule has 0 aliphatic heterocycles. The topological polar surface area (TPSA) is 57.5 Å². The summed E-state index contributed by atoms with van der Waals surface area (Å²) in [6.07, 6.45) is 20.7. The second-order valence-corrected chi connectivity index (χ2v) is 10.9. The Bertz CT molecular complexity index is 375. The van der Waals surface area contributed by atoms with Crippen LogP contribution in [0, 0.1) is 0 Å². The van der Waals surface area contributed by atoms with Gasteiger partial charge in [0.1, 0.15) is 0 Å². The van der Waals surface area contributed by atoms with E-state index in [0.717, 1.165) is 23.7 Å². The molecule has 0 saturated heterocycles. The SMILES string of the molecule is CCCCCCCCCCCCCC[N+](C)(C)CCCCCCP(=O)(O)O.[Cl-]. The van der Waals surface area contributed by atoms with E-state index in [1.807, 2.05) is 0 Å². The molecule has 0 aromatic carbocycles. The molecule has 0 aliphatic rings. The summed E-state index contributed by atoms with van der Waals surface area (Å²) in [6.45, 7) is 4.70. The summed E-state index contributed by atoms with van der Waals surface area (Å²) in [5.74, 6) is 0. The zero-order valence-corrected chi connectivity index (χ0v) is 20.7. The number of rotatable bonds is 20. The van der Waals surface area contributed by atoms with E-state index in [2.05, 4.69) is 21.0 Å². The molecule has 4 nitrogen and oxygen atoms in total. The van der Waals surface area contributed by atoms with Crippen molar-refractivity contribution in [1.82, 2.24) is 0 Å². The van der Waals surface area contributed by atoms with Gasteiger partial charge in [0.25, 0.3) is 0 Å². The van der Waals surface area contributed by atoms with Gasteiger partial charge in [0.15, 0.2) is 0 Å². The Morgan fingerprint density at radius 2 is 0.929 bits per heavy atom. The van der Waals surface area contributed by atoms with Crippen LogP contribution in [0.2, 0.25) is 0 Å². The van der Waals surface area contributed by atoms with Crippen LogP contribution in [0.4, 0.5) is 0 Å². The Balaban J connectivity index is 0. The quantitative estimate of drug-likeness (QED) is 0.173. The molecule has 2 N–H and O–H groups in total. The fourth-order valence-electron chi connectivity index (χ4n) is 3.70. The Morgan fingerprint density at radius 3 is 1.29 bits per heavy atom. The van der Waals surface area contributed by atoms with E-state index in [1.54, 1.807) is 0 Å². The molecule has 0 radical (unpaired) electrons. The smallest absolute Gasteiger partial charge is 0.325 e. The van der Waals surface area contributed by atoms with Crippen molar-refractivity contribution < 1.29 is 31.2 Å². The molecular formula is C22H49ClNO3P. The molecule has 0 aromatic rings. The summed E-state index contributed by atoms with van der Waals surface area (Å²) in [5.41, 5.74) is 0. The molecule has 0 rings (SSSR count). The van der Waals surface area contributed by atoms with Crippen molar-refractivity contribution in [3.8, 4) is 0 Å². The summed E-state index contributed by atoms with van der Waals surface area (Å²) >= 11 is 0. The summed E-state index contributed by atoms with van der Waals surface area (Å²) in [4.78, 5) is 17.7. The predicted molar refractivity (Wildman–Crippen MR) is 118 cm³/mol. The second-order valence-electron chi connectivity index (χ2n) is 9.07. The third-order valence-electron chi connectivity index (χ3n) is 5.58. The van der Waals surface area contributed by atoms with Crippen molar-refractivity contribution in [2.45, 2.75) is 110 Å². The van der Waals surface area contributed by atoms with Crippen molar-refractivity contribution in [2.75, 3.05) is 33.3 Å². The number of hydrogen-bond acceptors (Lipinski definition) is 1. The first-order valence-corrected chi connectivity index (χ1v) is 13.4. The lowest BCUT2D eigenvalue weighted by atomic mass is 10.1. The highest BCUT2D eigenvalue weighted by atomic mass is 35.5. The first kappa shape index (κ1) is 30.6. The van der Waals surface area contributed by atoms with Crippen molar-refractivity contribution in [2.24, 2.45) is 0 Å². The summed E-state index contributed by atoms with van der Waals surface area (Å²) in [5, 5.41) is 0. The zero-order valence-electron chi connectivity index (χ0n) is 19.0. The molecule has 28 heavy (non-hydrogen) atoms. The van der Waals surface area contributed by atoms with E-state index in [9.17, 15) is 4.57 Å². The first-order valence-electron chi connectivity index (χ1n) is 11.6. The highest BCUT2D eigenvalue weighted by molar-refractivity contribution is 7.51. The van der Waals surface area contributed by atoms with Crippen LogP contribution in [0.15, 0.2) is 0 Å². The van der Waals surface area contributed by atoms with Crippen LogP contribution in [0.25, 0.3) is 0 Å². The summed E-state index contributed by atoms with van der Waals surface area (Å²) < 4.78 is 11.9. The van der Waals surface area contributed by atoms with Gasteiger partial charge in [0.05, 0.1) is 27.2 Å². The predicted octanol–water partition coefficient (Wildman–Crippen LogP) is 3.51. The first-order chi connectivity index (χ1) is 12.8. The minimum absolute atomic E-state index is 0. The van der Waals surface area contributed by atoms with E-state index >= 15 is 0 Å². The molecule has 0 heterocycles. The minimum Gasteiger partial charge on any atom is -1.00 e. The van der Waals surface area contributed by atoms with Gasteiger partial charge in [0.2, 0.25) is 0 Å². The molecule has 6 heteroatoms. The number of hydrogen-bond donors (Lipinski definition) is 2. The number of nitrogens with zero attached hydrogens (tertiary/aromatic N) is 1. The number of quaternary nitrogens is 1. The van der Waals surface area contributed by atoms with Gasteiger partial charge in [-0.2, -0.15) is 0 Å². The monoisotopic (exact) mass is 441 g/mol. The Kier molecular flexibility index (Phi) is 21.2. The maximum absolute atomic E-state index is 10.8. The molecule has 0 spiro atoms. The van der Waals surface area contributed by atoms with Gasteiger partial charge < -0.3 is 26.7 Å². The fourth-order valence-corrected chi connectivity index (χ4v) is 4.34. The van der Waals surface area contributed by atoms with Crippen LogP contribution in [0.1, 0.15) is 110 Å². The standard InChI is InChI=1S/C22H48NO3P.ClH/c1-4-5-6-7-8-9-10-11-12-13-14-17-20-23(2,3)21-18-15-16-19-22-27(24,25)26;/h4-22H2,1-3H3,(H-,24,25,26);1H. The van der Waals surface area contributed by atoms with E-state index in [1.165, 1.54) is 90.1 Å². The molecule has 0 bridgehead atoms. The van der Waals surface area contributed by atoms with E-state index in [-0.39, 0.29) is 18.6 Å². The van der Waals surface area contributed by atoms with Crippen LogP contribution < -0.4 is 12.4 Å². The van der Waals surface area contributed by atoms with E-state index < -0.39 is 7.60 Å². The van der Waals surface area contributed by atoms with Crippen LogP contribution in [0.5, 0.6) is 0 Å². The molecule has 0 saturated carbocycles. The molecule has 0 unspecified atom stereocenters. The second kappa shape index (κ2) is 19.4. The van der Waals surface area contributed by atoms with Crippen molar-refractivity contribution in [3.05, 3.63) is 0 Å². The van der Waals surface area contributed by atoms with Gasteiger partial charge in [-0.15, -0.1) is 0 Å². The van der Waals surface area contributed by atoms with Gasteiger partial charge in [-0.1, -0.05) is 77.6 Å².